The smallest absolute Gasteiger partial charge is 0.151 e. The van der Waals surface area contributed by atoms with Gasteiger partial charge in [0, 0.05) is 11.9 Å². The second-order valence-electron chi connectivity index (χ2n) is 5.93. The van der Waals surface area contributed by atoms with Crippen molar-refractivity contribution in [3.8, 4) is 5.69 Å². The largest absolute Gasteiger partial charge is 0.298 e. The maximum atomic E-state index is 4.53. The minimum atomic E-state index is -0.0154. The first kappa shape index (κ1) is 16.2. The molecule has 2 aromatic heterocycles. The van der Waals surface area contributed by atoms with Gasteiger partial charge in [-0.3, -0.25) is 14.9 Å². The Morgan fingerprint density at radius 1 is 0.846 bits per heavy atom. The van der Waals surface area contributed by atoms with Crippen LogP contribution in [0.3, 0.4) is 0 Å². The van der Waals surface area contributed by atoms with Crippen molar-refractivity contribution in [3.63, 3.8) is 0 Å². The summed E-state index contributed by atoms with van der Waals surface area (Å²) in [4.78, 5) is 4.53. The zero-order valence-corrected chi connectivity index (χ0v) is 14.2. The molecule has 0 aliphatic rings. The van der Waals surface area contributed by atoms with Gasteiger partial charge in [0.05, 0.1) is 18.3 Å². The Morgan fingerprint density at radius 3 is 2.31 bits per heavy atom. The van der Waals surface area contributed by atoms with Crippen molar-refractivity contribution in [1.29, 1.82) is 0 Å². The molecule has 26 heavy (non-hydrogen) atoms. The highest BCUT2D eigenvalue weighted by atomic mass is 15.3. The normalized spacial score (nSPS) is 12.0. The van der Waals surface area contributed by atoms with Crippen LogP contribution in [0, 0.1) is 0 Å². The van der Waals surface area contributed by atoms with Crippen molar-refractivity contribution in [2.45, 2.75) is 12.6 Å². The van der Waals surface area contributed by atoms with Crippen LogP contribution in [0.1, 0.15) is 23.1 Å². The number of nitrogens with one attached hydrogen (secondary N) is 1. The van der Waals surface area contributed by atoms with Crippen LogP contribution in [0.5, 0.6) is 0 Å². The van der Waals surface area contributed by atoms with E-state index >= 15 is 0 Å². The second kappa shape index (κ2) is 7.72. The van der Waals surface area contributed by atoms with Crippen LogP contribution in [-0.2, 0) is 6.54 Å². The fourth-order valence-corrected chi connectivity index (χ4v) is 2.96. The number of hydrogen-bond donors (Lipinski definition) is 1. The fraction of sp³-hybridized carbons (Fsp3) is 0.0952. The van der Waals surface area contributed by atoms with E-state index in [4.69, 9.17) is 0 Å². The minimum absolute atomic E-state index is 0.0154. The van der Waals surface area contributed by atoms with Crippen LogP contribution in [0.15, 0.2) is 91.4 Å². The molecule has 0 bridgehead atoms. The van der Waals surface area contributed by atoms with E-state index < -0.39 is 0 Å². The number of nitrogens with zero attached hydrogens (tertiary/aromatic N) is 4. The maximum absolute atomic E-state index is 4.53. The molecule has 0 fully saturated rings. The lowest BCUT2D eigenvalue weighted by molar-refractivity contribution is 0.569. The number of pyridine rings is 1. The number of aromatic nitrogens is 4. The molecule has 5 nitrogen and oxygen atoms in total. The number of benzene rings is 2. The van der Waals surface area contributed by atoms with E-state index in [-0.39, 0.29) is 6.04 Å². The lowest BCUT2D eigenvalue weighted by Crippen LogP contribution is -2.24. The van der Waals surface area contributed by atoms with E-state index in [1.807, 2.05) is 77.5 Å². The quantitative estimate of drug-likeness (QED) is 0.583. The molecule has 0 saturated carbocycles. The molecule has 1 atom stereocenters. The van der Waals surface area contributed by atoms with Crippen molar-refractivity contribution in [2.24, 2.45) is 0 Å². The lowest BCUT2D eigenvalue weighted by Gasteiger charge is -2.19. The summed E-state index contributed by atoms with van der Waals surface area (Å²) < 4.78 is 1.99. The summed E-state index contributed by atoms with van der Waals surface area (Å²) in [6.07, 6.45) is 3.56. The van der Waals surface area contributed by atoms with E-state index in [1.165, 1.54) is 0 Å². The first-order valence-electron chi connectivity index (χ1n) is 8.55. The molecule has 0 radical (unpaired) electrons. The minimum Gasteiger partial charge on any atom is -0.298 e. The van der Waals surface area contributed by atoms with E-state index in [9.17, 15) is 0 Å². The van der Waals surface area contributed by atoms with Gasteiger partial charge in [-0.05, 0) is 29.8 Å². The summed E-state index contributed by atoms with van der Waals surface area (Å²) in [5.41, 5.74) is 3.19. The summed E-state index contributed by atoms with van der Waals surface area (Å²) in [6.45, 7) is 0.574. The summed E-state index contributed by atoms with van der Waals surface area (Å²) in [5, 5.41) is 11.9. The molecule has 0 amide bonds. The highest BCUT2D eigenvalue weighted by molar-refractivity contribution is 5.32. The monoisotopic (exact) mass is 341 g/mol. The molecule has 0 aliphatic heterocycles. The van der Waals surface area contributed by atoms with Gasteiger partial charge in [-0.1, -0.05) is 54.6 Å². The summed E-state index contributed by atoms with van der Waals surface area (Å²) >= 11 is 0. The van der Waals surface area contributed by atoms with E-state index in [1.54, 1.807) is 6.33 Å². The number of para-hydroxylation sites is 1. The van der Waals surface area contributed by atoms with Crippen molar-refractivity contribution in [1.82, 2.24) is 25.1 Å². The average Bonchev–Trinajstić information content (AvgIpc) is 3.19. The van der Waals surface area contributed by atoms with Gasteiger partial charge in [0.1, 0.15) is 6.33 Å². The molecule has 2 aromatic carbocycles. The predicted octanol–water partition coefficient (Wildman–Crippen LogP) is 3.54. The standard InChI is InChI=1S/C21H19N5/c1-3-9-17(10-4-1)21(19-13-7-8-14-22-19)23-15-20-25-24-16-26(20)18-11-5-2-6-12-18/h1-14,16,21,23H,15H2/t21-/m1/s1. The molecule has 4 aromatic rings. The third kappa shape index (κ3) is 3.53. The highest BCUT2D eigenvalue weighted by Gasteiger charge is 2.16. The fourth-order valence-electron chi connectivity index (χ4n) is 2.96. The Hall–Kier alpha value is -3.31. The van der Waals surface area contributed by atoms with Gasteiger partial charge >= 0.3 is 0 Å². The topological polar surface area (TPSA) is 55.6 Å². The first-order valence-corrected chi connectivity index (χ1v) is 8.55. The zero-order chi connectivity index (χ0) is 17.6. The van der Waals surface area contributed by atoms with Gasteiger partial charge in [0.2, 0.25) is 0 Å². The Balaban J connectivity index is 1.60. The predicted molar refractivity (Wildman–Crippen MR) is 101 cm³/mol. The first-order chi connectivity index (χ1) is 12.9. The number of rotatable bonds is 6. The molecule has 0 unspecified atom stereocenters. The van der Waals surface area contributed by atoms with Crippen molar-refractivity contribution in [3.05, 3.63) is 108 Å². The van der Waals surface area contributed by atoms with Crippen LogP contribution >= 0.6 is 0 Å². The van der Waals surface area contributed by atoms with Gasteiger partial charge < -0.3 is 0 Å². The molecular formula is C21H19N5. The Morgan fingerprint density at radius 2 is 1.58 bits per heavy atom. The van der Waals surface area contributed by atoms with E-state index in [0.29, 0.717) is 6.54 Å². The molecule has 0 saturated heterocycles. The molecule has 0 aliphatic carbocycles. The van der Waals surface area contributed by atoms with Crippen LogP contribution < -0.4 is 5.32 Å². The third-order valence-electron chi connectivity index (χ3n) is 4.23. The van der Waals surface area contributed by atoms with E-state index in [0.717, 1.165) is 22.8 Å². The molecule has 4 rings (SSSR count). The van der Waals surface area contributed by atoms with Crippen molar-refractivity contribution >= 4 is 0 Å². The Labute approximate surface area is 152 Å². The van der Waals surface area contributed by atoms with Crippen LogP contribution in [0.25, 0.3) is 5.69 Å². The summed E-state index contributed by atoms with van der Waals surface area (Å²) in [5.74, 6) is 0.855. The van der Waals surface area contributed by atoms with Crippen LogP contribution in [0.4, 0.5) is 0 Å². The van der Waals surface area contributed by atoms with Crippen molar-refractivity contribution in [2.75, 3.05) is 0 Å². The SMILES string of the molecule is c1ccc([C@@H](NCc2nncn2-c2ccccc2)c2ccccn2)cc1. The van der Waals surface area contributed by atoms with Crippen LogP contribution in [-0.4, -0.2) is 19.7 Å². The molecule has 1 N–H and O–H groups in total. The number of hydrogen-bond acceptors (Lipinski definition) is 4. The highest BCUT2D eigenvalue weighted by Crippen LogP contribution is 2.20. The molecule has 2 heterocycles. The molecule has 128 valence electrons. The Kier molecular flexibility index (Phi) is 4.80. The summed E-state index contributed by atoms with van der Waals surface area (Å²) in [7, 11) is 0. The van der Waals surface area contributed by atoms with Crippen LogP contribution in [0.2, 0.25) is 0 Å². The van der Waals surface area contributed by atoms with Gasteiger partial charge in [0.15, 0.2) is 5.82 Å². The lowest BCUT2D eigenvalue weighted by atomic mass is 10.0. The third-order valence-corrected chi connectivity index (χ3v) is 4.23. The zero-order valence-electron chi connectivity index (χ0n) is 14.2. The Bertz CT molecular complexity index is 896. The molecule has 5 heteroatoms. The van der Waals surface area contributed by atoms with Gasteiger partial charge in [-0.15, -0.1) is 10.2 Å². The molecular weight excluding hydrogens is 322 g/mol. The van der Waals surface area contributed by atoms with Crippen molar-refractivity contribution < 1.29 is 0 Å². The van der Waals surface area contributed by atoms with Gasteiger partial charge in [-0.25, -0.2) is 0 Å². The van der Waals surface area contributed by atoms with Gasteiger partial charge in [0.25, 0.3) is 0 Å². The summed E-state index contributed by atoms with van der Waals surface area (Å²) in [6, 6.07) is 26.4. The van der Waals surface area contributed by atoms with E-state index in [2.05, 4.69) is 32.6 Å². The average molecular weight is 341 g/mol. The van der Waals surface area contributed by atoms with Gasteiger partial charge in [-0.2, -0.15) is 0 Å². The maximum Gasteiger partial charge on any atom is 0.151 e. The second-order valence-corrected chi connectivity index (χ2v) is 5.93. The molecule has 0 spiro atoms.